The van der Waals surface area contributed by atoms with Crippen molar-refractivity contribution in [2.45, 2.75) is 38.4 Å². The number of rotatable bonds is 6. The average Bonchev–Trinajstić information content (AvgIpc) is 3.05. The van der Waals surface area contributed by atoms with E-state index in [0.29, 0.717) is 12.8 Å². The largest absolute Gasteiger partial charge is 0.435 e. The van der Waals surface area contributed by atoms with Gasteiger partial charge in [-0.05, 0) is 25.0 Å². The fourth-order valence-electron chi connectivity index (χ4n) is 2.32. The molecule has 1 aromatic heterocycles. The number of para-hydroxylation sites is 1. The summed E-state index contributed by atoms with van der Waals surface area (Å²) in [5.41, 5.74) is 2.45. The zero-order valence-corrected chi connectivity index (χ0v) is 15.5. The number of carbonyl (C=O) groups excluding carboxylic acids is 1. The smallest absolute Gasteiger partial charge is 0.349 e. The van der Waals surface area contributed by atoms with Gasteiger partial charge < -0.3 is 11.1 Å². The zero-order valence-electron chi connectivity index (χ0n) is 14.7. The molecule has 1 amide bonds. The van der Waals surface area contributed by atoms with Crippen molar-refractivity contribution >= 4 is 18.3 Å². The molecule has 0 aliphatic heterocycles. The van der Waals surface area contributed by atoms with Gasteiger partial charge in [0.2, 0.25) is 0 Å². The molecule has 27 heavy (non-hydrogen) atoms. The second kappa shape index (κ2) is 8.66. The van der Waals surface area contributed by atoms with Crippen molar-refractivity contribution in [2.75, 3.05) is 6.54 Å². The van der Waals surface area contributed by atoms with Crippen LogP contribution in [0.1, 0.15) is 42.9 Å². The lowest BCUT2D eigenvalue weighted by atomic mass is 9.94. The van der Waals surface area contributed by atoms with Gasteiger partial charge in [0.1, 0.15) is 11.5 Å². The summed E-state index contributed by atoms with van der Waals surface area (Å²) in [6.45, 7) is 3.60. The number of nitrogens with zero attached hydrogens (tertiary/aromatic N) is 3. The molecular weight excluding hydrogens is 390 g/mol. The van der Waals surface area contributed by atoms with Crippen molar-refractivity contribution in [1.82, 2.24) is 20.3 Å². The number of halogens is 5. The van der Waals surface area contributed by atoms with Crippen LogP contribution in [0.15, 0.2) is 24.3 Å². The third kappa shape index (κ3) is 4.95. The van der Waals surface area contributed by atoms with E-state index in [2.05, 4.69) is 15.6 Å². The summed E-state index contributed by atoms with van der Waals surface area (Å²) in [6, 6.07) is 4.78. The van der Waals surface area contributed by atoms with Crippen LogP contribution in [0, 0.1) is 5.82 Å². The van der Waals surface area contributed by atoms with Gasteiger partial charge in [-0.25, -0.2) is 9.07 Å². The number of hydrogen-bond donors (Lipinski definition) is 2. The van der Waals surface area contributed by atoms with E-state index >= 15 is 0 Å². The molecule has 0 aliphatic rings. The molecule has 0 saturated carbocycles. The zero-order chi connectivity index (χ0) is 19.5. The Balaban J connectivity index is 0.00000364. The van der Waals surface area contributed by atoms with E-state index in [4.69, 9.17) is 5.73 Å². The number of aromatic nitrogens is 3. The van der Waals surface area contributed by atoms with E-state index in [0.717, 1.165) is 12.1 Å². The van der Waals surface area contributed by atoms with Gasteiger partial charge in [-0.3, -0.25) is 4.79 Å². The van der Waals surface area contributed by atoms with Gasteiger partial charge >= 0.3 is 6.18 Å². The number of nitrogens with two attached hydrogens (primary N) is 1. The first-order valence-corrected chi connectivity index (χ1v) is 7.98. The standard InChI is InChI=1S/C16H19F4N5O.ClH/c1-3-15(21,4-2)9-22-14(26)12-13(16(18,19)20)25(24-23-12)11-8-6-5-7-10(11)17;/h5-8H,3-4,9,21H2,1-2H3,(H,22,26);1H. The molecule has 0 radical (unpaired) electrons. The Labute approximate surface area is 159 Å². The summed E-state index contributed by atoms with van der Waals surface area (Å²) in [4.78, 5) is 12.2. The van der Waals surface area contributed by atoms with Crippen LogP contribution in [-0.2, 0) is 6.18 Å². The van der Waals surface area contributed by atoms with Crippen molar-refractivity contribution in [2.24, 2.45) is 5.73 Å². The molecule has 3 N–H and O–H groups in total. The molecule has 0 atom stereocenters. The van der Waals surface area contributed by atoms with Crippen LogP contribution in [0.2, 0.25) is 0 Å². The highest BCUT2D eigenvalue weighted by atomic mass is 35.5. The van der Waals surface area contributed by atoms with E-state index in [1.54, 1.807) is 0 Å². The Bertz CT molecular complexity index is 789. The van der Waals surface area contributed by atoms with Gasteiger partial charge in [0.15, 0.2) is 11.4 Å². The van der Waals surface area contributed by atoms with Crippen LogP contribution in [-0.4, -0.2) is 33.0 Å². The van der Waals surface area contributed by atoms with Gasteiger partial charge in [-0.1, -0.05) is 31.2 Å². The van der Waals surface area contributed by atoms with Crippen molar-refractivity contribution in [3.63, 3.8) is 0 Å². The van der Waals surface area contributed by atoms with Crippen LogP contribution in [0.25, 0.3) is 5.69 Å². The second-order valence-corrected chi connectivity index (χ2v) is 5.90. The van der Waals surface area contributed by atoms with E-state index in [1.807, 2.05) is 13.8 Å². The molecule has 0 bridgehead atoms. The third-order valence-corrected chi connectivity index (χ3v) is 4.24. The van der Waals surface area contributed by atoms with Gasteiger partial charge in [0.25, 0.3) is 5.91 Å². The Morgan fingerprint density at radius 1 is 1.22 bits per heavy atom. The molecule has 1 heterocycles. The summed E-state index contributed by atoms with van der Waals surface area (Å²) < 4.78 is 54.6. The van der Waals surface area contributed by atoms with E-state index < -0.39 is 40.5 Å². The minimum atomic E-state index is -4.96. The molecule has 150 valence electrons. The number of benzene rings is 1. The minimum absolute atomic E-state index is 0. The summed E-state index contributed by atoms with van der Waals surface area (Å²) in [5, 5.41) is 9.02. The fourth-order valence-corrected chi connectivity index (χ4v) is 2.32. The van der Waals surface area contributed by atoms with Gasteiger partial charge in [-0.15, -0.1) is 17.5 Å². The summed E-state index contributed by atoms with van der Waals surface area (Å²) in [6.07, 6.45) is -3.91. The maximum absolute atomic E-state index is 13.9. The number of carbonyl (C=O) groups is 1. The molecule has 0 fully saturated rings. The van der Waals surface area contributed by atoms with Gasteiger partial charge in [0.05, 0.1) is 0 Å². The van der Waals surface area contributed by atoms with Crippen LogP contribution in [0.4, 0.5) is 17.6 Å². The molecule has 0 unspecified atom stereocenters. The quantitative estimate of drug-likeness (QED) is 0.718. The lowest BCUT2D eigenvalue weighted by molar-refractivity contribution is -0.143. The first kappa shape index (κ1) is 22.8. The van der Waals surface area contributed by atoms with Crippen molar-refractivity contribution in [3.05, 3.63) is 41.5 Å². The number of nitrogens with one attached hydrogen (secondary N) is 1. The molecular formula is C16H20ClF4N5O. The molecule has 2 aromatic rings. The predicted molar refractivity (Wildman–Crippen MR) is 93.4 cm³/mol. The third-order valence-electron chi connectivity index (χ3n) is 4.24. The van der Waals surface area contributed by atoms with E-state index in [9.17, 15) is 22.4 Å². The molecule has 0 saturated heterocycles. The number of hydrogen-bond acceptors (Lipinski definition) is 4. The highest BCUT2D eigenvalue weighted by Gasteiger charge is 2.42. The summed E-state index contributed by atoms with van der Waals surface area (Å²) in [7, 11) is 0. The van der Waals surface area contributed by atoms with Crippen LogP contribution in [0.3, 0.4) is 0 Å². The van der Waals surface area contributed by atoms with E-state index in [-0.39, 0.29) is 23.6 Å². The molecule has 0 spiro atoms. The highest BCUT2D eigenvalue weighted by molar-refractivity contribution is 5.93. The SMILES string of the molecule is CCC(N)(CC)CNC(=O)c1nnn(-c2ccccc2F)c1C(F)(F)F.Cl. The maximum atomic E-state index is 13.9. The Hall–Kier alpha value is -2.20. The molecule has 6 nitrogen and oxygen atoms in total. The topological polar surface area (TPSA) is 85.8 Å². The maximum Gasteiger partial charge on any atom is 0.435 e. The normalized spacial score (nSPS) is 11.8. The second-order valence-electron chi connectivity index (χ2n) is 5.90. The van der Waals surface area contributed by atoms with Crippen molar-refractivity contribution < 1.29 is 22.4 Å². The number of amides is 1. The predicted octanol–water partition coefficient (Wildman–Crippen LogP) is 3.09. The average molecular weight is 410 g/mol. The Morgan fingerprint density at radius 2 is 1.81 bits per heavy atom. The van der Waals surface area contributed by atoms with Crippen molar-refractivity contribution in [1.29, 1.82) is 0 Å². The fraction of sp³-hybridized carbons (Fsp3) is 0.438. The van der Waals surface area contributed by atoms with Crippen LogP contribution in [0.5, 0.6) is 0 Å². The molecule has 0 aliphatic carbocycles. The first-order valence-electron chi connectivity index (χ1n) is 7.98. The lowest BCUT2D eigenvalue weighted by Gasteiger charge is -2.26. The molecule has 2 rings (SSSR count). The Morgan fingerprint density at radius 3 is 2.33 bits per heavy atom. The monoisotopic (exact) mass is 409 g/mol. The van der Waals surface area contributed by atoms with Crippen LogP contribution < -0.4 is 11.1 Å². The first-order chi connectivity index (χ1) is 12.1. The Kier molecular flexibility index (Phi) is 7.32. The highest BCUT2D eigenvalue weighted by Crippen LogP contribution is 2.33. The van der Waals surface area contributed by atoms with Crippen LogP contribution >= 0.6 is 12.4 Å². The summed E-state index contributed by atoms with van der Waals surface area (Å²) in [5.74, 6) is -2.00. The molecule has 1 aromatic carbocycles. The lowest BCUT2D eigenvalue weighted by Crippen LogP contribution is -2.49. The summed E-state index contributed by atoms with van der Waals surface area (Å²) >= 11 is 0. The van der Waals surface area contributed by atoms with E-state index in [1.165, 1.54) is 12.1 Å². The van der Waals surface area contributed by atoms with Gasteiger partial charge in [0, 0.05) is 12.1 Å². The van der Waals surface area contributed by atoms with Crippen molar-refractivity contribution in [3.8, 4) is 5.69 Å². The number of alkyl halides is 3. The minimum Gasteiger partial charge on any atom is -0.349 e. The molecule has 11 heteroatoms. The van der Waals surface area contributed by atoms with Gasteiger partial charge in [-0.2, -0.15) is 13.2 Å².